The third-order valence-corrected chi connectivity index (χ3v) is 5.96. The fourth-order valence-corrected chi connectivity index (χ4v) is 4.13. The SMILES string of the molecule is CCCCCCCCc1ccc(OCC(=O)c2nc3c(s2)CCOC3=O)cc1. The van der Waals surface area contributed by atoms with E-state index in [0.29, 0.717) is 23.8 Å². The van der Waals surface area contributed by atoms with E-state index in [2.05, 4.69) is 24.0 Å². The first-order chi connectivity index (χ1) is 13.7. The van der Waals surface area contributed by atoms with Crippen molar-refractivity contribution in [3.8, 4) is 5.75 Å². The summed E-state index contributed by atoms with van der Waals surface area (Å²) in [5.74, 6) is 0.00236. The monoisotopic (exact) mass is 401 g/mol. The van der Waals surface area contributed by atoms with Crippen LogP contribution in [0, 0.1) is 0 Å². The van der Waals surface area contributed by atoms with E-state index in [1.54, 1.807) is 0 Å². The van der Waals surface area contributed by atoms with Crippen molar-refractivity contribution in [1.82, 2.24) is 4.98 Å². The Morgan fingerprint density at radius 2 is 1.89 bits per heavy atom. The molecule has 0 aliphatic carbocycles. The Labute approximate surface area is 170 Å². The minimum Gasteiger partial charge on any atom is -0.485 e. The van der Waals surface area contributed by atoms with Gasteiger partial charge < -0.3 is 9.47 Å². The molecule has 6 heteroatoms. The summed E-state index contributed by atoms with van der Waals surface area (Å²) in [4.78, 5) is 28.9. The summed E-state index contributed by atoms with van der Waals surface area (Å²) in [5, 5.41) is 0.309. The molecule has 150 valence electrons. The molecule has 1 aromatic carbocycles. The van der Waals surface area contributed by atoms with Crippen molar-refractivity contribution in [3.63, 3.8) is 0 Å². The largest absolute Gasteiger partial charge is 0.485 e. The Balaban J connectivity index is 1.43. The summed E-state index contributed by atoms with van der Waals surface area (Å²) in [6.45, 7) is 2.50. The number of ketones is 1. The van der Waals surface area contributed by atoms with Crippen LogP contribution in [0.5, 0.6) is 5.75 Å². The number of cyclic esters (lactones) is 1. The molecule has 1 aliphatic heterocycles. The molecule has 3 rings (SSSR count). The second-order valence-electron chi connectivity index (χ2n) is 7.05. The second kappa shape index (κ2) is 10.4. The standard InChI is InChI=1S/C22H27NO4S/c1-2-3-4-5-6-7-8-16-9-11-17(12-10-16)27-15-18(24)21-23-20-19(28-21)13-14-26-22(20)25/h9-12H,2-8,13-15H2,1H3. The van der Waals surface area contributed by atoms with Crippen LogP contribution in [-0.4, -0.2) is 30.0 Å². The summed E-state index contributed by atoms with van der Waals surface area (Å²) in [6, 6.07) is 7.93. The van der Waals surface area contributed by atoms with Crippen LogP contribution in [0.3, 0.4) is 0 Å². The summed E-state index contributed by atoms with van der Waals surface area (Å²) >= 11 is 1.26. The number of esters is 1. The van der Waals surface area contributed by atoms with Gasteiger partial charge in [0.2, 0.25) is 5.78 Å². The number of aryl methyl sites for hydroxylation is 1. The van der Waals surface area contributed by atoms with Gasteiger partial charge in [-0.3, -0.25) is 4.79 Å². The average molecular weight is 402 g/mol. The molecule has 0 saturated carbocycles. The Morgan fingerprint density at radius 1 is 1.14 bits per heavy atom. The van der Waals surface area contributed by atoms with Gasteiger partial charge in [0.1, 0.15) is 5.75 Å². The van der Waals surface area contributed by atoms with E-state index in [1.165, 1.54) is 55.4 Å². The van der Waals surface area contributed by atoms with Crippen molar-refractivity contribution in [2.45, 2.75) is 58.3 Å². The van der Waals surface area contributed by atoms with Crippen LogP contribution in [0.25, 0.3) is 0 Å². The van der Waals surface area contributed by atoms with Crippen LogP contribution < -0.4 is 4.74 Å². The molecule has 1 aromatic heterocycles. The van der Waals surface area contributed by atoms with E-state index < -0.39 is 5.97 Å². The number of benzene rings is 1. The van der Waals surface area contributed by atoms with Crippen LogP contribution in [0.2, 0.25) is 0 Å². The van der Waals surface area contributed by atoms with Crippen LogP contribution in [0.1, 0.15) is 76.2 Å². The molecule has 1 aliphatic rings. The summed E-state index contributed by atoms with van der Waals surface area (Å²) < 4.78 is 10.6. The smallest absolute Gasteiger partial charge is 0.358 e. The zero-order valence-electron chi connectivity index (χ0n) is 16.4. The molecule has 0 radical (unpaired) electrons. The lowest BCUT2D eigenvalue weighted by Crippen LogP contribution is -2.16. The van der Waals surface area contributed by atoms with Gasteiger partial charge in [-0.2, -0.15) is 0 Å². The van der Waals surface area contributed by atoms with Gasteiger partial charge >= 0.3 is 5.97 Å². The molecule has 0 spiro atoms. The van der Waals surface area contributed by atoms with Crippen molar-refractivity contribution in [2.24, 2.45) is 0 Å². The highest BCUT2D eigenvalue weighted by atomic mass is 32.1. The molecule has 5 nitrogen and oxygen atoms in total. The van der Waals surface area contributed by atoms with Crippen LogP contribution >= 0.6 is 11.3 Å². The first-order valence-electron chi connectivity index (χ1n) is 10.1. The van der Waals surface area contributed by atoms with Gasteiger partial charge in [-0.05, 0) is 30.5 Å². The molecule has 2 aromatic rings. The molecule has 0 unspecified atom stereocenters. The van der Waals surface area contributed by atoms with Crippen molar-refractivity contribution < 1.29 is 19.1 Å². The molecule has 0 fully saturated rings. The predicted octanol–water partition coefficient (Wildman–Crippen LogP) is 5.02. The van der Waals surface area contributed by atoms with Gasteiger partial charge in [0, 0.05) is 11.3 Å². The lowest BCUT2D eigenvalue weighted by molar-refractivity contribution is 0.0475. The number of Topliss-reactive ketones (excluding diaryl/α,β-unsaturated/α-hetero) is 1. The maximum atomic E-state index is 12.3. The summed E-state index contributed by atoms with van der Waals surface area (Å²) in [6.07, 6.45) is 9.44. The number of fused-ring (bicyclic) bond motifs is 1. The van der Waals surface area contributed by atoms with Gasteiger partial charge in [-0.25, -0.2) is 9.78 Å². The number of hydrogen-bond acceptors (Lipinski definition) is 6. The maximum Gasteiger partial charge on any atom is 0.358 e. The number of aromatic nitrogens is 1. The Morgan fingerprint density at radius 3 is 2.64 bits per heavy atom. The van der Waals surface area contributed by atoms with E-state index >= 15 is 0 Å². The molecular formula is C22H27NO4S. The van der Waals surface area contributed by atoms with E-state index in [-0.39, 0.29) is 18.1 Å². The van der Waals surface area contributed by atoms with Crippen molar-refractivity contribution in [1.29, 1.82) is 0 Å². The molecule has 2 heterocycles. The van der Waals surface area contributed by atoms with Crippen molar-refractivity contribution in [2.75, 3.05) is 13.2 Å². The zero-order chi connectivity index (χ0) is 19.8. The van der Waals surface area contributed by atoms with Gasteiger partial charge in [-0.1, -0.05) is 51.2 Å². The van der Waals surface area contributed by atoms with E-state index in [4.69, 9.17) is 9.47 Å². The van der Waals surface area contributed by atoms with Gasteiger partial charge in [0.05, 0.1) is 6.61 Å². The third-order valence-electron chi connectivity index (χ3n) is 4.80. The minimum atomic E-state index is -0.446. The molecule has 0 atom stereocenters. The Kier molecular flexibility index (Phi) is 7.60. The summed E-state index contributed by atoms with van der Waals surface area (Å²) in [5.41, 5.74) is 1.57. The number of ether oxygens (including phenoxy) is 2. The number of rotatable bonds is 11. The van der Waals surface area contributed by atoms with Gasteiger partial charge in [0.25, 0.3) is 0 Å². The van der Waals surface area contributed by atoms with Crippen molar-refractivity contribution >= 4 is 23.1 Å². The quantitative estimate of drug-likeness (QED) is 0.300. The van der Waals surface area contributed by atoms with Crippen LogP contribution in [-0.2, 0) is 17.6 Å². The number of thiazole rings is 1. The molecule has 0 amide bonds. The first-order valence-corrected chi connectivity index (χ1v) is 10.9. The third kappa shape index (κ3) is 5.64. The van der Waals surface area contributed by atoms with E-state index in [0.717, 1.165) is 11.3 Å². The van der Waals surface area contributed by atoms with Crippen molar-refractivity contribution in [3.05, 3.63) is 45.4 Å². The fourth-order valence-electron chi connectivity index (χ4n) is 3.18. The number of hydrogen-bond donors (Lipinski definition) is 0. The first kappa shape index (κ1) is 20.5. The highest BCUT2D eigenvalue weighted by molar-refractivity contribution is 7.14. The fraction of sp³-hybridized carbons (Fsp3) is 0.500. The van der Waals surface area contributed by atoms with Crippen LogP contribution in [0.4, 0.5) is 0 Å². The van der Waals surface area contributed by atoms with Gasteiger partial charge in [0.15, 0.2) is 17.3 Å². The number of nitrogens with zero attached hydrogens (tertiary/aromatic N) is 1. The molecule has 0 saturated heterocycles. The highest BCUT2D eigenvalue weighted by Crippen LogP contribution is 2.24. The van der Waals surface area contributed by atoms with Gasteiger partial charge in [-0.15, -0.1) is 11.3 Å². The number of carbonyl (C=O) groups excluding carboxylic acids is 2. The lowest BCUT2D eigenvalue weighted by Gasteiger charge is -2.08. The van der Waals surface area contributed by atoms with E-state index in [9.17, 15) is 9.59 Å². The second-order valence-corrected chi connectivity index (χ2v) is 8.13. The highest BCUT2D eigenvalue weighted by Gasteiger charge is 2.26. The molecule has 0 N–H and O–H groups in total. The molecule has 28 heavy (non-hydrogen) atoms. The Hall–Kier alpha value is -2.21. The number of carbonyl (C=O) groups is 2. The predicted molar refractivity (Wildman–Crippen MR) is 109 cm³/mol. The summed E-state index contributed by atoms with van der Waals surface area (Å²) in [7, 11) is 0. The molecular weight excluding hydrogens is 374 g/mol. The maximum absolute atomic E-state index is 12.3. The van der Waals surface area contributed by atoms with E-state index in [1.807, 2.05) is 12.1 Å². The normalized spacial score (nSPS) is 13.1. The number of unbranched alkanes of at least 4 members (excludes halogenated alkanes) is 5. The topological polar surface area (TPSA) is 65.5 Å². The lowest BCUT2D eigenvalue weighted by atomic mass is 10.0. The average Bonchev–Trinajstić information content (AvgIpc) is 3.16. The zero-order valence-corrected chi connectivity index (χ0v) is 17.2. The molecule has 0 bridgehead atoms. The minimum absolute atomic E-state index is 0.0851. The van der Waals surface area contributed by atoms with Crippen LogP contribution in [0.15, 0.2) is 24.3 Å². The Bertz CT molecular complexity index is 797.